The number of hydrogen-bond donors (Lipinski definition) is 2. The number of benzene rings is 1. The van der Waals surface area contributed by atoms with Crippen LogP contribution >= 0.6 is 11.6 Å². The molecule has 2 N–H and O–H groups in total. The molecule has 126 valence electrons. The summed E-state index contributed by atoms with van der Waals surface area (Å²) >= 11 is 5.88. The molecule has 0 saturated heterocycles. The molecule has 0 saturated carbocycles. The van der Waals surface area contributed by atoms with E-state index in [-0.39, 0.29) is 75.3 Å². The van der Waals surface area contributed by atoms with Gasteiger partial charge in [0.25, 0.3) is 0 Å². The molecule has 0 aliphatic heterocycles. The third-order valence-electron chi connectivity index (χ3n) is 3.53. The molecule has 2 aromatic heterocycles. The normalized spacial score (nSPS) is 10.0. The Bertz CT molecular complexity index is 983. The zero-order chi connectivity index (χ0) is 18.0. The molecule has 2 heterocycles. The van der Waals surface area contributed by atoms with E-state index in [0.717, 1.165) is 5.56 Å². The van der Waals surface area contributed by atoms with Gasteiger partial charge in [-0.2, -0.15) is 0 Å². The van der Waals surface area contributed by atoms with E-state index in [1.165, 1.54) is 24.4 Å². The van der Waals surface area contributed by atoms with Crippen LogP contribution in [-0.4, -0.2) is 32.1 Å². The van der Waals surface area contributed by atoms with Gasteiger partial charge in [0.15, 0.2) is 0 Å². The van der Waals surface area contributed by atoms with Crippen LogP contribution in [0.1, 0.15) is 22.1 Å². The van der Waals surface area contributed by atoms with Crippen molar-refractivity contribution in [3.8, 4) is 22.6 Å². The summed E-state index contributed by atoms with van der Waals surface area (Å²) in [6.45, 7) is 0. The molecule has 0 amide bonds. The van der Waals surface area contributed by atoms with Gasteiger partial charge in [-0.15, -0.1) is 0 Å². The standard InChI is InChI=1S/C18H11ClN2O4.K.H/c19-11-5-3-10(4-6-11)14-8-7-13(18(24)25)16(21-14)15-12(17(22)23)2-1-9-20-15;;/h1-9H,(H,22,23)(H,24,25);;/q;+1;-1. The Morgan fingerprint density at radius 1 is 0.885 bits per heavy atom. The summed E-state index contributed by atoms with van der Waals surface area (Å²) in [7, 11) is 0. The summed E-state index contributed by atoms with van der Waals surface area (Å²) < 4.78 is 0. The number of hydrogen-bond acceptors (Lipinski definition) is 4. The van der Waals surface area contributed by atoms with Crippen LogP contribution in [0.4, 0.5) is 0 Å². The Hall–Kier alpha value is -1.61. The van der Waals surface area contributed by atoms with E-state index in [4.69, 9.17) is 11.6 Å². The summed E-state index contributed by atoms with van der Waals surface area (Å²) in [6, 6.07) is 12.6. The first-order valence-corrected chi connectivity index (χ1v) is 7.54. The number of carboxylic acids is 2. The molecule has 3 aromatic rings. The molecular formula is C18H12ClKN2O4. The zero-order valence-corrected chi connectivity index (χ0v) is 17.6. The van der Waals surface area contributed by atoms with E-state index in [0.29, 0.717) is 10.7 Å². The summed E-state index contributed by atoms with van der Waals surface area (Å²) in [5, 5.41) is 19.3. The van der Waals surface area contributed by atoms with Gasteiger partial charge in [0.05, 0.1) is 16.8 Å². The number of carbonyl (C=O) groups is 2. The fraction of sp³-hybridized carbons (Fsp3) is 0. The molecule has 0 atom stereocenters. The Morgan fingerprint density at radius 3 is 2.12 bits per heavy atom. The Balaban J connectivity index is 0.00000182. The Labute approximate surface area is 197 Å². The molecule has 8 heteroatoms. The second kappa shape index (κ2) is 8.85. The first-order chi connectivity index (χ1) is 12.0. The van der Waals surface area contributed by atoms with Crippen molar-refractivity contribution < 1.29 is 72.6 Å². The van der Waals surface area contributed by atoms with E-state index in [1.807, 2.05) is 0 Å². The van der Waals surface area contributed by atoms with Crippen molar-refractivity contribution in [1.82, 2.24) is 9.97 Å². The Kier molecular flexibility index (Phi) is 7.05. The van der Waals surface area contributed by atoms with Gasteiger partial charge < -0.3 is 11.6 Å². The maximum atomic E-state index is 11.5. The van der Waals surface area contributed by atoms with Crippen LogP contribution in [0, 0.1) is 0 Å². The van der Waals surface area contributed by atoms with Crippen LogP contribution in [0.2, 0.25) is 5.02 Å². The van der Waals surface area contributed by atoms with Crippen LogP contribution in [0.25, 0.3) is 22.6 Å². The predicted octanol–water partition coefficient (Wildman–Crippen LogP) is 0.977. The first kappa shape index (κ1) is 20.7. The van der Waals surface area contributed by atoms with Crippen molar-refractivity contribution in [2.45, 2.75) is 0 Å². The van der Waals surface area contributed by atoms with Crippen LogP contribution in [0.15, 0.2) is 54.7 Å². The number of halogens is 1. The van der Waals surface area contributed by atoms with Gasteiger partial charge in [-0.25, -0.2) is 14.6 Å². The van der Waals surface area contributed by atoms with Crippen molar-refractivity contribution in [2.24, 2.45) is 0 Å². The van der Waals surface area contributed by atoms with Crippen LogP contribution < -0.4 is 51.4 Å². The number of pyridine rings is 2. The van der Waals surface area contributed by atoms with Crippen LogP contribution in [0.3, 0.4) is 0 Å². The van der Waals surface area contributed by atoms with Crippen LogP contribution in [0.5, 0.6) is 0 Å². The minimum Gasteiger partial charge on any atom is -1.00 e. The van der Waals surface area contributed by atoms with Gasteiger partial charge in [0.1, 0.15) is 11.4 Å². The molecule has 0 spiro atoms. The van der Waals surface area contributed by atoms with Gasteiger partial charge in [-0.3, -0.25) is 4.98 Å². The molecule has 1 aromatic carbocycles. The summed E-state index contributed by atoms with van der Waals surface area (Å²) in [5.74, 6) is -2.43. The summed E-state index contributed by atoms with van der Waals surface area (Å²) in [6.07, 6.45) is 1.39. The van der Waals surface area contributed by atoms with E-state index in [2.05, 4.69) is 9.97 Å². The van der Waals surface area contributed by atoms with E-state index >= 15 is 0 Å². The summed E-state index contributed by atoms with van der Waals surface area (Å²) in [4.78, 5) is 31.4. The molecule has 3 rings (SSSR count). The average molecular weight is 395 g/mol. The largest absolute Gasteiger partial charge is 1.00 e. The van der Waals surface area contributed by atoms with Crippen molar-refractivity contribution in [3.05, 3.63) is 70.9 Å². The van der Waals surface area contributed by atoms with E-state index in [1.54, 1.807) is 30.3 Å². The number of aromatic carboxylic acids is 2. The minimum absolute atomic E-state index is 0. The van der Waals surface area contributed by atoms with E-state index < -0.39 is 11.9 Å². The van der Waals surface area contributed by atoms with Crippen LogP contribution in [-0.2, 0) is 0 Å². The monoisotopic (exact) mass is 394 g/mol. The number of nitrogens with zero attached hydrogens (tertiary/aromatic N) is 2. The topological polar surface area (TPSA) is 100 Å². The van der Waals surface area contributed by atoms with Crippen molar-refractivity contribution >= 4 is 23.5 Å². The predicted molar refractivity (Wildman–Crippen MR) is 92.9 cm³/mol. The van der Waals surface area contributed by atoms with E-state index in [9.17, 15) is 19.8 Å². The average Bonchev–Trinajstić information content (AvgIpc) is 2.61. The maximum absolute atomic E-state index is 11.5. The molecule has 0 unspecified atom stereocenters. The Morgan fingerprint density at radius 2 is 1.50 bits per heavy atom. The first-order valence-electron chi connectivity index (χ1n) is 7.16. The smallest absolute Gasteiger partial charge is 1.00 e. The van der Waals surface area contributed by atoms with Crippen molar-refractivity contribution in [3.63, 3.8) is 0 Å². The molecule has 0 aliphatic carbocycles. The van der Waals surface area contributed by atoms with Crippen molar-refractivity contribution in [2.75, 3.05) is 0 Å². The van der Waals surface area contributed by atoms with Gasteiger partial charge in [0.2, 0.25) is 0 Å². The molecule has 0 bridgehead atoms. The molecule has 0 radical (unpaired) electrons. The van der Waals surface area contributed by atoms with Crippen molar-refractivity contribution in [1.29, 1.82) is 0 Å². The number of carboxylic acid groups (broad SMARTS) is 2. The molecule has 0 aliphatic rings. The third-order valence-corrected chi connectivity index (χ3v) is 3.78. The van der Waals surface area contributed by atoms with Gasteiger partial charge >= 0.3 is 63.3 Å². The quantitative estimate of drug-likeness (QED) is 0.640. The maximum Gasteiger partial charge on any atom is 1.00 e. The fourth-order valence-corrected chi connectivity index (χ4v) is 2.49. The fourth-order valence-electron chi connectivity index (χ4n) is 2.36. The summed E-state index contributed by atoms with van der Waals surface area (Å²) in [5.41, 5.74) is 0.958. The van der Waals surface area contributed by atoms with Gasteiger partial charge in [0, 0.05) is 16.8 Å². The molecule has 6 nitrogen and oxygen atoms in total. The zero-order valence-electron chi connectivity index (χ0n) is 14.7. The van der Waals surface area contributed by atoms with Gasteiger partial charge in [-0.05, 0) is 36.4 Å². The second-order valence-corrected chi connectivity index (χ2v) is 5.55. The number of rotatable bonds is 4. The third kappa shape index (κ3) is 4.37. The molecule has 26 heavy (non-hydrogen) atoms. The second-order valence-electron chi connectivity index (χ2n) is 5.11. The SMILES string of the molecule is O=C(O)c1cccnc1-c1nc(-c2ccc(Cl)cc2)ccc1C(=O)O.[H-].[K+]. The molecular weight excluding hydrogens is 383 g/mol. The molecule has 0 fully saturated rings. The number of aromatic nitrogens is 2. The minimum atomic E-state index is -1.22. The van der Waals surface area contributed by atoms with Gasteiger partial charge in [-0.1, -0.05) is 23.7 Å².